The predicted molar refractivity (Wildman–Crippen MR) is 32.3 cm³/mol. The molecule has 0 aliphatic rings. The summed E-state index contributed by atoms with van der Waals surface area (Å²) in [5, 5.41) is 17.0. The fraction of sp³-hybridized carbons (Fsp3) is 0.200. The molecule has 0 saturated heterocycles. The number of rotatable bonds is 2. The Morgan fingerprint density at radius 2 is 2.36 bits per heavy atom. The van der Waals surface area contributed by atoms with E-state index in [0.717, 1.165) is 6.26 Å². The van der Waals surface area contributed by atoms with E-state index in [9.17, 15) is 9.59 Å². The Labute approximate surface area is 60.3 Å². The lowest BCUT2D eigenvalue weighted by Crippen LogP contribution is -2.19. The molecule has 2 N–H and O–H groups in total. The molecular formula is C5H5NO5. The van der Waals surface area contributed by atoms with Gasteiger partial charge in [0.15, 0.2) is 6.26 Å². The normalized spacial score (nSPS) is 9.82. The summed E-state index contributed by atoms with van der Waals surface area (Å²) in [6.45, 7) is -0.596. The zero-order valence-corrected chi connectivity index (χ0v) is 5.35. The van der Waals surface area contributed by atoms with Crippen LogP contribution >= 0.6 is 0 Å². The summed E-state index contributed by atoms with van der Waals surface area (Å²) in [5.74, 6) is -2.59. The van der Waals surface area contributed by atoms with Crippen molar-refractivity contribution in [2.75, 3.05) is 0 Å². The molecule has 1 rings (SSSR count). The Morgan fingerprint density at radius 1 is 1.73 bits per heavy atom. The molecule has 0 aliphatic heterocycles. The van der Waals surface area contributed by atoms with Crippen LogP contribution in [0.3, 0.4) is 0 Å². The highest BCUT2D eigenvalue weighted by Crippen LogP contribution is 2.03. The fourth-order valence-electron chi connectivity index (χ4n) is 0.605. The standard InChI is InChI=1S/C5H5NO5/c7-3-2-11-5(10)6(3)1-4(8)9/h2,7H,1H2,(H,8,9). The van der Waals surface area contributed by atoms with E-state index in [-0.39, 0.29) is 0 Å². The van der Waals surface area contributed by atoms with Gasteiger partial charge in [0.2, 0.25) is 5.88 Å². The van der Waals surface area contributed by atoms with Crippen molar-refractivity contribution in [2.45, 2.75) is 6.54 Å². The van der Waals surface area contributed by atoms with Gasteiger partial charge >= 0.3 is 11.7 Å². The minimum Gasteiger partial charge on any atom is -0.492 e. The Balaban J connectivity index is 3.01. The molecule has 1 heterocycles. The molecule has 0 fully saturated rings. The van der Waals surface area contributed by atoms with Crippen LogP contribution in [0.15, 0.2) is 15.5 Å². The Morgan fingerprint density at radius 3 is 2.73 bits per heavy atom. The second-order valence-electron chi connectivity index (χ2n) is 1.84. The zero-order chi connectivity index (χ0) is 8.43. The van der Waals surface area contributed by atoms with Crippen molar-refractivity contribution < 1.29 is 19.4 Å². The lowest BCUT2D eigenvalue weighted by Gasteiger charge is -1.93. The molecule has 0 bridgehead atoms. The zero-order valence-electron chi connectivity index (χ0n) is 5.35. The summed E-state index contributed by atoms with van der Waals surface area (Å²) in [6.07, 6.45) is 0.783. The number of aromatic nitrogens is 1. The second-order valence-corrected chi connectivity index (χ2v) is 1.84. The van der Waals surface area contributed by atoms with Gasteiger partial charge in [-0.05, 0) is 0 Å². The van der Waals surface area contributed by atoms with Gasteiger partial charge in [-0.3, -0.25) is 4.79 Å². The largest absolute Gasteiger partial charge is 0.492 e. The SMILES string of the molecule is O=C(O)Cn1c(O)coc1=O. The first-order valence-electron chi connectivity index (χ1n) is 2.70. The van der Waals surface area contributed by atoms with E-state index in [1.807, 2.05) is 0 Å². The molecular weight excluding hydrogens is 154 g/mol. The van der Waals surface area contributed by atoms with Crippen LogP contribution in [0.4, 0.5) is 0 Å². The number of carboxylic acids is 1. The van der Waals surface area contributed by atoms with E-state index in [4.69, 9.17) is 10.2 Å². The van der Waals surface area contributed by atoms with E-state index in [1.165, 1.54) is 0 Å². The molecule has 0 radical (unpaired) electrons. The van der Waals surface area contributed by atoms with Gasteiger partial charge in [0, 0.05) is 0 Å². The summed E-state index contributed by atoms with van der Waals surface area (Å²) in [7, 11) is 0. The maximum absolute atomic E-state index is 10.5. The third-order valence-corrected chi connectivity index (χ3v) is 1.06. The number of hydrogen-bond acceptors (Lipinski definition) is 4. The van der Waals surface area contributed by atoms with Gasteiger partial charge in [-0.15, -0.1) is 0 Å². The van der Waals surface area contributed by atoms with Crippen LogP contribution in [0.2, 0.25) is 0 Å². The number of carboxylic acid groups (broad SMARTS) is 1. The van der Waals surface area contributed by atoms with Crippen molar-refractivity contribution in [1.82, 2.24) is 4.57 Å². The van der Waals surface area contributed by atoms with Gasteiger partial charge in [-0.25, -0.2) is 9.36 Å². The highest BCUT2D eigenvalue weighted by molar-refractivity contribution is 5.66. The molecule has 0 amide bonds. The Bertz CT molecular complexity index is 322. The van der Waals surface area contributed by atoms with E-state index in [1.54, 1.807) is 0 Å². The predicted octanol–water partition coefficient (Wildman–Crippen LogP) is -0.768. The van der Waals surface area contributed by atoms with Gasteiger partial charge in [-0.1, -0.05) is 0 Å². The van der Waals surface area contributed by atoms with Crippen LogP contribution in [0, 0.1) is 0 Å². The van der Waals surface area contributed by atoms with Crippen LogP contribution in [0.1, 0.15) is 0 Å². The van der Waals surface area contributed by atoms with Gasteiger partial charge in [0.25, 0.3) is 0 Å². The molecule has 1 aromatic heterocycles. The van der Waals surface area contributed by atoms with E-state index >= 15 is 0 Å². The maximum Gasteiger partial charge on any atom is 0.422 e. The number of aromatic hydroxyl groups is 1. The van der Waals surface area contributed by atoms with Gasteiger partial charge in [0.1, 0.15) is 6.54 Å². The minimum absolute atomic E-state index is 0.489. The Hall–Kier alpha value is -1.72. The molecule has 1 aromatic rings. The van der Waals surface area contributed by atoms with E-state index in [0.29, 0.717) is 4.57 Å². The van der Waals surface area contributed by atoms with Crippen LogP contribution < -0.4 is 5.76 Å². The third kappa shape index (κ3) is 1.40. The first kappa shape index (κ1) is 7.39. The average Bonchev–Trinajstić information content (AvgIpc) is 2.18. The lowest BCUT2D eigenvalue weighted by atomic mass is 10.6. The maximum atomic E-state index is 10.5. The van der Waals surface area contributed by atoms with Crippen molar-refractivity contribution in [1.29, 1.82) is 0 Å². The summed E-state index contributed by atoms with van der Waals surface area (Å²) in [4.78, 5) is 20.6. The highest BCUT2D eigenvalue weighted by atomic mass is 16.4. The molecule has 0 aliphatic carbocycles. The molecule has 0 atom stereocenters. The molecule has 0 aromatic carbocycles. The number of aliphatic carboxylic acids is 1. The Kier molecular flexibility index (Phi) is 1.67. The number of oxazole rings is 1. The van der Waals surface area contributed by atoms with E-state index < -0.39 is 24.2 Å². The molecule has 0 spiro atoms. The number of carbonyl (C=O) groups is 1. The topological polar surface area (TPSA) is 92.7 Å². The molecule has 0 unspecified atom stereocenters. The first-order valence-corrected chi connectivity index (χ1v) is 2.70. The summed E-state index contributed by atoms with van der Waals surface area (Å²) < 4.78 is 4.79. The van der Waals surface area contributed by atoms with Crippen molar-refractivity contribution >= 4 is 5.97 Å². The molecule has 60 valence electrons. The summed E-state index contributed by atoms with van der Waals surface area (Å²) >= 11 is 0. The molecule has 11 heavy (non-hydrogen) atoms. The van der Waals surface area contributed by atoms with Crippen molar-refractivity contribution in [3.63, 3.8) is 0 Å². The highest BCUT2D eigenvalue weighted by Gasteiger charge is 2.09. The van der Waals surface area contributed by atoms with Gasteiger partial charge in [-0.2, -0.15) is 0 Å². The number of hydrogen-bond donors (Lipinski definition) is 2. The van der Waals surface area contributed by atoms with E-state index in [2.05, 4.69) is 4.42 Å². The quantitative estimate of drug-likeness (QED) is 0.591. The first-order chi connectivity index (χ1) is 5.11. The minimum atomic E-state index is -1.22. The smallest absolute Gasteiger partial charge is 0.422 e. The summed E-state index contributed by atoms with van der Waals surface area (Å²) in [6, 6.07) is 0. The average molecular weight is 159 g/mol. The van der Waals surface area contributed by atoms with Crippen molar-refractivity contribution in [3.8, 4) is 5.88 Å². The monoisotopic (exact) mass is 159 g/mol. The lowest BCUT2D eigenvalue weighted by molar-refractivity contribution is -0.137. The van der Waals surface area contributed by atoms with Gasteiger partial charge < -0.3 is 14.6 Å². The number of nitrogens with zero attached hydrogens (tertiary/aromatic N) is 1. The molecule has 6 nitrogen and oxygen atoms in total. The van der Waals surface area contributed by atoms with Crippen LogP contribution in [-0.2, 0) is 11.3 Å². The molecule has 6 heteroatoms. The van der Waals surface area contributed by atoms with Crippen molar-refractivity contribution in [2.24, 2.45) is 0 Å². The van der Waals surface area contributed by atoms with Gasteiger partial charge in [0.05, 0.1) is 0 Å². The van der Waals surface area contributed by atoms with Crippen molar-refractivity contribution in [3.05, 3.63) is 16.8 Å². The molecule has 0 saturated carbocycles. The van der Waals surface area contributed by atoms with Crippen LogP contribution in [0.25, 0.3) is 0 Å². The fourth-order valence-corrected chi connectivity index (χ4v) is 0.605. The second kappa shape index (κ2) is 2.49. The third-order valence-electron chi connectivity index (χ3n) is 1.06. The summed E-state index contributed by atoms with van der Waals surface area (Å²) in [5.41, 5.74) is 0. The van der Waals surface area contributed by atoms with Crippen LogP contribution in [-0.4, -0.2) is 20.7 Å². The van der Waals surface area contributed by atoms with Crippen LogP contribution in [0.5, 0.6) is 5.88 Å².